The fraction of sp³-hybridized carbons (Fsp3) is 0.286. The predicted octanol–water partition coefficient (Wildman–Crippen LogP) is 5.47. The molecule has 0 radical (unpaired) electrons. The molecule has 0 fully saturated rings. The first-order valence-corrected chi connectivity index (χ1v) is 9.52. The van der Waals surface area contributed by atoms with Crippen molar-refractivity contribution in [2.75, 3.05) is 7.11 Å². The molecule has 1 aromatic heterocycles. The molecule has 0 bridgehead atoms. The van der Waals surface area contributed by atoms with Crippen molar-refractivity contribution in [2.24, 2.45) is 5.73 Å². The van der Waals surface area contributed by atoms with Gasteiger partial charge in [0.2, 0.25) is 0 Å². The van der Waals surface area contributed by atoms with Crippen molar-refractivity contribution in [1.29, 1.82) is 0 Å². The maximum absolute atomic E-state index is 13.4. The van der Waals surface area contributed by atoms with Crippen molar-refractivity contribution in [3.05, 3.63) is 58.1 Å². The Morgan fingerprint density at radius 1 is 1.03 bits per heavy atom. The fourth-order valence-electron chi connectivity index (χ4n) is 3.01. The Morgan fingerprint density at radius 2 is 1.73 bits per heavy atom. The molecule has 0 saturated heterocycles. The van der Waals surface area contributed by atoms with E-state index in [-0.39, 0.29) is 29.1 Å². The number of nitrogens with two attached hydrogens (primary N) is 1. The molecule has 9 heteroatoms. The van der Waals surface area contributed by atoms with Crippen LogP contribution in [0.5, 0.6) is 6.01 Å². The molecule has 0 aliphatic carbocycles. The molecule has 0 saturated carbocycles. The molecule has 0 aliphatic heterocycles. The number of nitrogens with zero attached hydrogens (tertiary/aromatic N) is 3. The second kappa shape index (κ2) is 8.57. The van der Waals surface area contributed by atoms with Gasteiger partial charge in [-0.15, -0.1) is 0 Å². The van der Waals surface area contributed by atoms with Crippen LogP contribution >= 0.6 is 11.6 Å². The van der Waals surface area contributed by atoms with Gasteiger partial charge in [0.15, 0.2) is 11.6 Å². The normalized spacial score (nSPS) is 11.8. The van der Waals surface area contributed by atoms with Gasteiger partial charge in [-0.1, -0.05) is 37.6 Å². The van der Waals surface area contributed by atoms with Gasteiger partial charge in [0.1, 0.15) is 0 Å². The molecule has 2 N–H and O–H groups in total. The standard InChI is InChI=1S/C21H20ClF3N4O/c1-11(2)14-9-13(5-6-16(14)21(23,24)25)18-27-19(29-20(28-18)30-3)15-8-12(10-26)4-7-17(15)22/h4-9,11H,10,26H2,1-3H3. The number of methoxy groups -OCH3 is 1. The number of ether oxygens (including phenoxy) is 1. The number of aromatic nitrogens is 3. The number of halogens is 4. The summed E-state index contributed by atoms with van der Waals surface area (Å²) in [4.78, 5) is 12.9. The van der Waals surface area contributed by atoms with Crippen molar-refractivity contribution < 1.29 is 17.9 Å². The van der Waals surface area contributed by atoms with E-state index in [0.29, 0.717) is 22.7 Å². The maximum Gasteiger partial charge on any atom is 0.416 e. The summed E-state index contributed by atoms with van der Waals surface area (Å²) >= 11 is 6.31. The average molecular weight is 437 g/mol. The van der Waals surface area contributed by atoms with E-state index in [1.165, 1.54) is 19.2 Å². The minimum Gasteiger partial charge on any atom is -0.467 e. The highest BCUT2D eigenvalue weighted by Gasteiger charge is 2.34. The molecular weight excluding hydrogens is 417 g/mol. The Bertz CT molecular complexity index is 1070. The number of alkyl halides is 3. The van der Waals surface area contributed by atoms with Gasteiger partial charge in [-0.3, -0.25) is 0 Å². The number of hydrogen-bond acceptors (Lipinski definition) is 5. The van der Waals surface area contributed by atoms with Crippen LogP contribution < -0.4 is 10.5 Å². The fourth-order valence-corrected chi connectivity index (χ4v) is 3.21. The minimum atomic E-state index is -4.45. The van der Waals surface area contributed by atoms with Crippen LogP contribution in [0.2, 0.25) is 5.02 Å². The smallest absolute Gasteiger partial charge is 0.416 e. The largest absolute Gasteiger partial charge is 0.467 e. The molecule has 30 heavy (non-hydrogen) atoms. The van der Waals surface area contributed by atoms with Gasteiger partial charge in [0.05, 0.1) is 17.7 Å². The lowest BCUT2D eigenvalue weighted by Crippen LogP contribution is -2.10. The first-order chi connectivity index (χ1) is 14.1. The predicted molar refractivity (Wildman–Crippen MR) is 109 cm³/mol. The van der Waals surface area contributed by atoms with Gasteiger partial charge < -0.3 is 10.5 Å². The van der Waals surface area contributed by atoms with Gasteiger partial charge in [-0.2, -0.15) is 23.1 Å². The molecule has 0 spiro atoms. The van der Waals surface area contributed by atoms with Gasteiger partial charge in [0, 0.05) is 17.7 Å². The quantitative estimate of drug-likeness (QED) is 0.574. The van der Waals surface area contributed by atoms with E-state index in [9.17, 15) is 13.2 Å². The first-order valence-electron chi connectivity index (χ1n) is 9.14. The van der Waals surface area contributed by atoms with Gasteiger partial charge in [-0.25, -0.2) is 4.98 Å². The molecule has 3 rings (SSSR count). The molecule has 0 unspecified atom stereocenters. The average Bonchev–Trinajstić information content (AvgIpc) is 2.72. The van der Waals surface area contributed by atoms with E-state index in [1.807, 2.05) is 0 Å². The Hall–Kier alpha value is -2.71. The van der Waals surface area contributed by atoms with Crippen LogP contribution in [0.1, 0.15) is 36.5 Å². The third kappa shape index (κ3) is 4.55. The lowest BCUT2D eigenvalue weighted by Gasteiger charge is -2.17. The van der Waals surface area contributed by atoms with Crippen LogP contribution in [0.3, 0.4) is 0 Å². The summed E-state index contributed by atoms with van der Waals surface area (Å²) in [5.74, 6) is 0.0743. The summed E-state index contributed by atoms with van der Waals surface area (Å²) in [5.41, 5.74) is 6.95. The second-order valence-corrected chi connectivity index (χ2v) is 7.35. The minimum absolute atomic E-state index is 0.0233. The summed E-state index contributed by atoms with van der Waals surface area (Å²) in [7, 11) is 1.40. The van der Waals surface area contributed by atoms with E-state index in [4.69, 9.17) is 22.1 Å². The Balaban J connectivity index is 2.18. The number of benzene rings is 2. The van der Waals surface area contributed by atoms with E-state index in [0.717, 1.165) is 11.6 Å². The topological polar surface area (TPSA) is 73.9 Å². The Kier molecular flexibility index (Phi) is 6.28. The van der Waals surface area contributed by atoms with Crippen LogP contribution in [-0.4, -0.2) is 22.1 Å². The third-order valence-corrected chi connectivity index (χ3v) is 4.87. The molecule has 5 nitrogen and oxygen atoms in total. The van der Waals surface area contributed by atoms with Crippen LogP contribution in [0.4, 0.5) is 13.2 Å². The third-order valence-electron chi connectivity index (χ3n) is 4.54. The summed E-state index contributed by atoms with van der Waals surface area (Å²) < 4.78 is 45.3. The van der Waals surface area contributed by atoms with Crippen LogP contribution in [0.25, 0.3) is 22.8 Å². The van der Waals surface area contributed by atoms with E-state index in [1.54, 1.807) is 32.0 Å². The summed E-state index contributed by atoms with van der Waals surface area (Å²) in [5, 5.41) is 0.404. The zero-order valence-corrected chi connectivity index (χ0v) is 17.3. The van der Waals surface area contributed by atoms with Crippen molar-refractivity contribution in [1.82, 2.24) is 15.0 Å². The van der Waals surface area contributed by atoms with Crippen LogP contribution in [0.15, 0.2) is 36.4 Å². The van der Waals surface area contributed by atoms with Crippen molar-refractivity contribution in [3.63, 3.8) is 0 Å². The highest BCUT2D eigenvalue weighted by atomic mass is 35.5. The number of rotatable bonds is 5. The molecule has 1 heterocycles. The molecule has 0 atom stereocenters. The van der Waals surface area contributed by atoms with Crippen LogP contribution in [-0.2, 0) is 12.7 Å². The first kappa shape index (κ1) is 22.0. The molecular formula is C21H20ClF3N4O. The van der Waals surface area contributed by atoms with Gasteiger partial charge >= 0.3 is 12.2 Å². The van der Waals surface area contributed by atoms with Crippen molar-refractivity contribution >= 4 is 11.6 Å². The molecule has 0 amide bonds. The highest BCUT2D eigenvalue weighted by Crippen LogP contribution is 2.37. The van der Waals surface area contributed by atoms with Gasteiger partial charge in [-0.05, 0) is 41.3 Å². The zero-order chi connectivity index (χ0) is 22.1. The van der Waals surface area contributed by atoms with Crippen molar-refractivity contribution in [3.8, 4) is 28.8 Å². The van der Waals surface area contributed by atoms with Gasteiger partial charge in [0.25, 0.3) is 0 Å². The van der Waals surface area contributed by atoms with E-state index in [2.05, 4.69) is 15.0 Å². The second-order valence-electron chi connectivity index (χ2n) is 6.94. The van der Waals surface area contributed by atoms with Crippen molar-refractivity contribution in [2.45, 2.75) is 32.5 Å². The molecule has 3 aromatic rings. The summed E-state index contributed by atoms with van der Waals surface area (Å²) in [6, 6.07) is 9.08. The monoisotopic (exact) mass is 436 g/mol. The lowest BCUT2D eigenvalue weighted by molar-refractivity contribution is -0.138. The van der Waals surface area contributed by atoms with E-state index < -0.39 is 11.7 Å². The molecule has 2 aromatic carbocycles. The Morgan fingerprint density at radius 3 is 2.33 bits per heavy atom. The van der Waals surface area contributed by atoms with Crippen LogP contribution in [0, 0.1) is 0 Å². The summed E-state index contributed by atoms with van der Waals surface area (Å²) in [6.07, 6.45) is -4.45. The SMILES string of the molecule is COc1nc(-c2ccc(C(F)(F)F)c(C(C)C)c2)nc(-c2cc(CN)ccc2Cl)n1. The van der Waals surface area contributed by atoms with E-state index >= 15 is 0 Å². The Labute approximate surface area is 177 Å². The maximum atomic E-state index is 13.4. The number of hydrogen-bond donors (Lipinski definition) is 1. The zero-order valence-electron chi connectivity index (χ0n) is 16.6. The summed E-state index contributed by atoms with van der Waals surface area (Å²) in [6.45, 7) is 3.70. The highest BCUT2D eigenvalue weighted by molar-refractivity contribution is 6.33. The lowest BCUT2D eigenvalue weighted by atomic mass is 9.94. The molecule has 0 aliphatic rings. The molecule has 158 valence electrons.